The predicted octanol–water partition coefficient (Wildman–Crippen LogP) is 2.67. The summed E-state index contributed by atoms with van der Waals surface area (Å²) < 4.78 is 21.7. The van der Waals surface area contributed by atoms with E-state index >= 15 is 0 Å². The third kappa shape index (κ3) is 8.28. The van der Waals surface area contributed by atoms with Crippen LogP contribution < -0.4 is 30.3 Å². The van der Waals surface area contributed by atoms with E-state index < -0.39 is 17.8 Å². The topological polar surface area (TPSA) is 179 Å². The fourth-order valence-corrected chi connectivity index (χ4v) is 4.36. The zero-order chi connectivity index (χ0) is 31.1. The van der Waals surface area contributed by atoms with E-state index in [4.69, 9.17) is 18.9 Å². The van der Waals surface area contributed by atoms with Crippen LogP contribution >= 0.6 is 0 Å². The molecular weight excluding hydrogens is 572 g/mol. The van der Waals surface area contributed by atoms with Gasteiger partial charge in [0.05, 0.1) is 36.9 Å². The molecule has 232 valence electrons. The smallest absolute Gasteiger partial charge is 0.415 e. The van der Waals surface area contributed by atoms with Crippen molar-refractivity contribution in [2.24, 2.45) is 0 Å². The summed E-state index contributed by atoms with van der Waals surface area (Å²) in [5, 5.41) is 8.61. The molecule has 3 amide bonds. The van der Waals surface area contributed by atoms with Crippen LogP contribution in [0, 0.1) is 0 Å². The number of hydrogen-bond donors (Lipinski definition) is 3. The number of hydrogen-bond acceptors (Lipinski definition) is 12. The van der Waals surface area contributed by atoms with Crippen molar-refractivity contribution in [1.29, 1.82) is 0 Å². The van der Waals surface area contributed by atoms with E-state index in [1.54, 1.807) is 45.3 Å². The molecule has 1 fully saturated rings. The first-order chi connectivity index (χ1) is 21.1. The summed E-state index contributed by atoms with van der Waals surface area (Å²) in [7, 11) is 0. The molecule has 2 aliphatic rings. The van der Waals surface area contributed by atoms with E-state index in [1.165, 1.54) is 11.1 Å². The summed E-state index contributed by atoms with van der Waals surface area (Å²) in [6, 6.07) is 7.07. The third-order valence-corrected chi connectivity index (χ3v) is 6.30. The first-order valence-corrected chi connectivity index (χ1v) is 14.1. The monoisotopic (exact) mass is 606 g/mol. The number of nitrogens with one attached hydrogen (secondary N) is 3. The summed E-state index contributed by atoms with van der Waals surface area (Å²) >= 11 is 0. The minimum absolute atomic E-state index is 0.0665. The van der Waals surface area contributed by atoms with E-state index in [0.717, 1.165) is 11.3 Å². The Morgan fingerprint density at radius 1 is 1.16 bits per heavy atom. The van der Waals surface area contributed by atoms with E-state index in [9.17, 15) is 14.4 Å². The lowest BCUT2D eigenvalue weighted by molar-refractivity contribution is -0.118. The van der Waals surface area contributed by atoms with E-state index in [2.05, 4.69) is 35.9 Å². The van der Waals surface area contributed by atoms with Gasteiger partial charge in [0.25, 0.3) is 5.91 Å². The summed E-state index contributed by atoms with van der Waals surface area (Å²) in [5.74, 6) is 1.15. The predicted molar refractivity (Wildman–Crippen MR) is 157 cm³/mol. The molecule has 0 radical (unpaired) electrons. The van der Waals surface area contributed by atoms with Gasteiger partial charge in [-0.1, -0.05) is 0 Å². The number of pyridine rings is 2. The number of carbonyl (C=O) groups excluding carboxylic acids is 3. The SMILES string of the molecule is CC(C)(C)OC(=O)NCCOc1cncc(-c2ccnc(CNCCC3CN(c4ccc5c(n4)NC(=O)CO5)C(=O)O3)c2)n1. The molecule has 0 aromatic carbocycles. The standard InChI is InChI=1S/C29H34N8O7/c1-29(2,3)44-27(39)33-10-11-41-25-15-31-14-21(34-25)18-6-9-32-19(12-18)13-30-8-7-20-16-37(28(40)43-20)23-5-4-22-26(35-23)36-24(38)17-42-22/h4-6,9,12,14-15,20,30H,7-8,10-11,13,16-17H2,1-3H3,(H,33,39)(H,35,36,38). The molecule has 0 spiro atoms. The highest BCUT2D eigenvalue weighted by molar-refractivity contribution is 5.95. The second kappa shape index (κ2) is 13.5. The summed E-state index contributed by atoms with van der Waals surface area (Å²) in [6.07, 6.45) is 4.09. The van der Waals surface area contributed by atoms with Crippen LogP contribution in [0.3, 0.4) is 0 Å². The Labute approximate surface area is 253 Å². The average molecular weight is 607 g/mol. The molecule has 1 saturated heterocycles. The van der Waals surface area contributed by atoms with Crippen molar-refractivity contribution in [3.05, 3.63) is 48.5 Å². The lowest BCUT2D eigenvalue weighted by Gasteiger charge is -2.19. The van der Waals surface area contributed by atoms with Gasteiger partial charge < -0.3 is 34.9 Å². The van der Waals surface area contributed by atoms with Crippen LogP contribution in [0.1, 0.15) is 32.9 Å². The zero-order valence-electron chi connectivity index (χ0n) is 24.7. The molecule has 15 nitrogen and oxygen atoms in total. The van der Waals surface area contributed by atoms with Crippen LogP contribution in [0.5, 0.6) is 11.6 Å². The first kappa shape index (κ1) is 30.4. The van der Waals surface area contributed by atoms with Gasteiger partial charge in [-0.15, -0.1) is 0 Å². The van der Waals surface area contributed by atoms with Crippen molar-refractivity contribution in [3.63, 3.8) is 0 Å². The molecule has 3 aromatic rings. The van der Waals surface area contributed by atoms with Crippen molar-refractivity contribution in [2.45, 2.75) is 45.4 Å². The number of ether oxygens (including phenoxy) is 4. The molecule has 2 aliphatic heterocycles. The first-order valence-electron chi connectivity index (χ1n) is 14.1. The Bertz CT molecular complexity index is 1510. The van der Waals surface area contributed by atoms with Gasteiger partial charge in [-0.3, -0.25) is 19.7 Å². The van der Waals surface area contributed by atoms with Crippen molar-refractivity contribution in [3.8, 4) is 22.9 Å². The van der Waals surface area contributed by atoms with Gasteiger partial charge in [0.15, 0.2) is 18.2 Å². The molecule has 5 heterocycles. The average Bonchev–Trinajstić information content (AvgIpc) is 3.36. The Hall–Kier alpha value is -5.05. The molecule has 3 aromatic heterocycles. The van der Waals surface area contributed by atoms with Crippen molar-refractivity contribution >= 4 is 29.7 Å². The number of aromatic nitrogens is 4. The molecule has 3 N–H and O–H groups in total. The van der Waals surface area contributed by atoms with Gasteiger partial charge in [-0.2, -0.15) is 0 Å². The largest absolute Gasteiger partial charge is 0.480 e. The number of fused-ring (bicyclic) bond motifs is 1. The van der Waals surface area contributed by atoms with Crippen molar-refractivity contribution in [2.75, 3.05) is 43.1 Å². The van der Waals surface area contributed by atoms with Crippen LogP contribution in [0.25, 0.3) is 11.3 Å². The number of carbonyl (C=O) groups is 3. The van der Waals surface area contributed by atoms with E-state index in [-0.39, 0.29) is 37.6 Å². The van der Waals surface area contributed by atoms with Crippen LogP contribution in [0.2, 0.25) is 0 Å². The summed E-state index contributed by atoms with van der Waals surface area (Å²) in [6.45, 7) is 7.18. The lowest BCUT2D eigenvalue weighted by atomic mass is 10.1. The second-order valence-electron chi connectivity index (χ2n) is 11.0. The molecule has 0 saturated carbocycles. The highest BCUT2D eigenvalue weighted by Crippen LogP contribution is 2.30. The van der Waals surface area contributed by atoms with Gasteiger partial charge >= 0.3 is 12.2 Å². The van der Waals surface area contributed by atoms with Crippen molar-refractivity contribution in [1.82, 2.24) is 30.6 Å². The molecule has 15 heteroatoms. The number of rotatable bonds is 11. The third-order valence-electron chi connectivity index (χ3n) is 6.30. The molecule has 1 atom stereocenters. The highest BCUT2D eigenvalue weighted by atomic mass is 16.6. The molecule has 5 rings (SSSR count). The van der Waals surface area contributed by atoms with E-state index in [1.807, 2.05) is 12.1 Å². The van der Waals surface area contributed by atoms with Gasteiger partial charge in [0, 0.05) is 18.3 Å². The van der Waals surface area contributed by atoms with Crippen LogP contribution in [0.15, 0.2) is 42.9 Å². The molecule has 0 aliphatic carbocycles. The molecular formula is C29H34N8O7. The number of nitrogens with zero attached hydrogens (tertiary/aromatic N) is 5. The quantitative estimate of drug-likeness (QED) is 0.272. The minimum Gasteiger partial charge on any atom is -0.480 e. The molecule has 1 unspecified atom stereocenters. The molecule has 44 heavy (non-hydrogen) atoms. The maximum absolute atomic E-state index is 12.5. The molecule has 0 bridgehead atoms. The van der Waals surface area contributed by atoms with E-state index in [0.29, 0.717) is 49.2 Å². The number of alkyl carbamates (subject to hydrolysis) is 1. The van der Waals surface area contributed by atoms with Gasteiger partial charge in [-0.25, -0.2) is 19.6 Å². The Morgan fingerprint density at radius 3 is 2.86 bits per heavy atom. The second-order valence-corrected chi connectivity index (χ2v) is 11.0. The maximum Gasteiger partial charge on any atom is 0.415 e. The Kier molecular flexibility index (Phi) is 9.33. The lowest BCUT2D eigenvalue weighted by Crippen LogP contribution is -2.34. The number of amides is 3. The summed E-state index contributed by atoms with van der Waals surface area (Å²) in [5.41, 5.74) is 1.66. The Balaban J connectivity index is 1.06. The normalized spacial score (nSPS) is 16.0. The van der Waals surface area contributed by atoms with Crippen LogP contribution in [-0.2, 0) is 20.8 Å². The number of cyclic esters (lactones) is 1. The fraction of sp³-hybridized carbons (Fsp3) is 0.414. The van der Waals surface area contributed by atoms with Gasteiger partial charge in [0.1, 0.15) is 24.1 Å². The Morgan fingerprint density at radius 2 is 2.02 bits per heavy atom. The van der Waals surface area contributed by atoms with Crippen LogP contribution in [0.4, 0.5) is 21.2 Å². The highest BCUT2D eigenvalue weighted by Gasteiger charge is 2.33. The minimum atomic E-state index is -0.573. The zero-order valence-corrected chi connectivity index (χ0v) is 24.7. The van der Waals surface area contributed by atoms with Gasteiger partial charge in [-0.05, 0) is 58.0 Å². The fourth-order valence-electron chi connectivity index (χ4n) is 4.36. The van der Waals surface area contributed by atoms with Gasteiger partial charge in [0.2, 0.25) is 5.88 Å². The maximum atomic E-state index is 12.5. The summed E-state index contributed by atoms with van der Waals surface area (Å²) in [4.78, 5) is 54.8. The van der Waals surface area contributed by atoms with Crippen molar-refractivity contribution < 1.29 is 33.3 Å². The number of anilines is 2. The van der Waals surface area contributed by atoms with Crippen LogP contribution in [-0.4, -0.2) is 82.6 Å².